The fourth-order valence-electron chi connectivity index (χ4n) is 8.41. The molecule has 1 aliphatic rings. The lowest BCUT2D eigenvalue weighted by atomic mass is 9.96. The molecule has 1 aliphatic carbocycles. The Morgan fingerprint density at radius 1 is 0.296 bits per heavy atom. The van der Waals surface area contributed by atoms with Crippen molar-refractivity contribution in [3.05, 3.63) is 200 Å². The number of nitrogens with zero attached hydrogens (tertiary/aromatic N) is 1. The summed E-state index contributed by atoms with van der Waals surface area (Å²) in [5.41, 5.74) is 13.5. The number of hydrogen-bond acceptors (Lipinski definition) is 2. The van der Waals surface area contributed by atoms with Gasteiger partial charge < -0.3 is 4.90 Å². The number of rotatable bonds is 6. The van der Waals surface area contributed by atoms with E-state index in [1.54, 1.807) is 0 Å². The fourth-order valence-corrected chi connectivity index (χ4v) is 9.43. The van der Waals surface area contributed by atoms with Gasteiger partial charge in [-0.15, -0.1) is 11.3 Å². The van der Waals surface area contributed by atoms with E-state index in [4.69, 9.17) is 0 Å². The molecule has 0 radical (unpaired) electrons. The molecule has 11 rings (SSSR count). The van der Waals surface area contributed by atoms with E-state index in [1.807, 2.05) is 11.3 Å². The van der Waals surface area contributed by atoms with Gasteiger partial charge in [-0.05, 0) is 131 Å². The smallest absolute Gasteiger partial charge is 0.0474 e. The summed E-state index contributed by atoms with van der Waals surface area (Å²) < 4.78 is 0. The highest BCUT2D eigenvalue weighted by Gasteiger charge is 2.24. The average molecular weight is 704 g/mol. The Morgan fingerprint density at radius 3 is 1.72 bits per heavy atom. The van der Waals surface area contributed by atoms with Crippen molar-refractivity contribution in [2.24, 2.45) is 0 Å². The van der Waals surface area contributed by atoms with Gasteiger partial charge in [-0.25, -0.2) is 0 Å². The van der Waals surface area contributed by atoms with Crippen molar-refractivity contribution >= 4 is 60.7 Å². The molecule has 10 aromatic rings. The minimum atomic E-state index is 1.12. The van der Waals surface area contributed by atoms with E-state index in [0.717, 1.165) is 17.1 Å². The Kier molecular flexibility index (Phi) is 7.11. The van der Waals surface area contributed by atoms with Crippen molar-refractivity contribution in [2.75, 3.05) is 4.90 Å². The Balaban J connectivity index is 1.06. The quantitative estimate of drug-likeness (QED) is 0.156. The first-order valence-electron chi connectivity index (χ1n) is 18.5. The summed E-state index contributed by atoms with van der Waals surface area (Å²) in [6, 6.07) is 73.6. The van der Waals surface area contributed by atoms with E-state index in [0.29, 0.717) is 0 Å². The van der Waals surface area contributed by atoms with Crippen LogP contribution in [-0.2, 0) is 0 Å². The molecule has 0 N–H and O–H groups in total. The van der Waals surface area contributed by atoms with Crippen LogP contribution in [0, 0.1) is 0 Å². The maximum atomic E-state index is 2.43. The van der Waals surface area contributed by atoms with Crippen LogP contribution >= 0.6 is 11.3 Å². The third kappa shape index (κ3) is 5.07. The van der Waals surface area contributed by atoms with Crippen molar-refractivity contribution in [1.29, 1.82) is 0 Å². The first-order chi connectivity index (χ1) is 26.7. The molecule has 1 nitrogen and oxygen atoms in total. The minimum absolute atomic E-state index is 1.12. The average Bonchev–Trinajstić information content (AvgIpc) is 3.86. The third-order valence-electron chi connectivity index (χ3n) is 11.0. The van der Waals surface area contributed by atoms with Gasteiger partial charge in [0.05, 0.1) is 0 Å². The van der Waals surface area contributed by atoms with Crippen LogP contribution in [-0.4, -0.2) is 0 Å². The number of hydrogen-bond donors (Lipinski definition) is 0. The van der Waals surface area contributed by atoms with E-state index in [2.05, 4.69) is 205 Å². The second-order valence-electron chi connectivity index (χ2n) is 14.1. The van der Waals surface area contributed by atoms with Crippen LogP contribution in [0.5, 0.6) is 0 Å². The van der Waals surface area contributed by atoms with E-state index in [1.165, 1.54) is 86.6 Å². The van der Waals surface area contributed by atoms with Crippen LogP contribution in [0.15, 0.2) is 200 Å². The molecule has 2 heteroatoms. The first kappa shape index (κ1) is 30.8. The Hall–Kier alpha value is -6.74. The van der Waals surface area contributed by atoms with Gasteiger partial charge in [0.1, 0.15) is 0 Å². The predicted molar refractivity (Wildman–Crippen MR) is 232 cm³/mol. The summed E-state index contributed by atoms with van der Waals surface area (Å²) >= 11 is 1.84. The molecule has 54 heavy (non-hydrogen) atoms. The van der Waals surface area contributed by atoms with Gasteiger partial charge in [-0.1, -0.05) is 146 Å². The summed E-state index contributed by atoms with van der Waals surface area (Å²) in [6.45, 7) is 0. The van der Waals surface area contributed by atoms with E-state index >= 15 is 0 Å². The molecule has 0 saturated carbocycles. The van der Waals surface area contributed by atoms with Crippen LogP contribution in [0.4, 0.5) is 17.1 Å². The van der Waals surface area contributed by atoms with Crippen molar-refractivity contribution in [1.82, 2.24) is 0 Å². The number of benzene rings is 9. The summed E-state index contributed by atoms with van der Waals surface area (Å²) in [6.07, 6.45) is 0. The molecule has 0 saturated heterocycles. The Bertz CT molecular complexity index is 3040. The molecular weight excluding hydrogens is 671 g/mol. The van der Waals surface area contributed by atoms with Gasteiger partial charge in [0.25, 0.3) is 0 Å². The van der Waals surface area contributed by atoms with Crippen molar-refractivity contribution in [2.45, 2.75) is 0 Å². The molecule has 0 amide bonds. The van der Waals surface area contributed by atoms with E-state index in [9.17, 15) is 0 Å². The van der Waals surface area contributed by atoms with Gasteiger partial charge >= 0.3 is 0 Å². The molecular formula is C52H33NS. The number of fused-ring (bicyclic) bond motifs is 6. The SMILES string of the molecule is c1ccc(-c2ccc(-c3ccc(N(c4cccc(-c5ccc6ccc7ccccc7c6c5)c4)c4cc5c6c(cccc6c4)-c4ccccc4-5)cc3)s2)cc1. The lowest BCUT2D eigenvalue weighted by molar-refractivity contribution is 1.29. The third-order valence-corrected chi connectivity index (χ3v) is 12.2. The van der Waals surface area contributed by atoms with Gasteiger partial charge in [0.15, 0.2) is 0 Å². The maximum Gasteiger partial charge on any atom is 0.0474 e. The second-order valence-corrected chi connectivity index (χ2v) is 15.2. The molecule has 252 valence electrons. The van der Waals surface area contributed by atoms with Crippen molar-refractivity contribution in [3.8, 4) is 54.3 Å². The van der Waals surface area contributed by atoms with Crippen LogP contribution in [0.3, 0.4) is 0 Å². The van der Waals surface area contributed by atoms with E-state index < -0.39 is 0 Å². The molecule has 0 bridgehead atoms. The molecule has 0 spiro atoms. The van der Waals surface area contributed by atoms with Crippen LogP contribution in [0.25, 0.3) is 86.6 Å². The maximum absolute atomic E-state index is 2.43. The summed E-state index contributed by atoms with van der Waals surface area (Å²) in [7, 11) is 0. The molecule has 1 aromatic heterocycles. The molecule has 0 aliphatic heterocycles. The zero-order chi connectivity index (χ0) is 35.6. The zero-order valence-corrected chi connectivity index (χ0v) is 30.2. The lowest BCUT2D eigenvalue weighted by Crippen LogP contribution is -2.10. The molecule has 0 unspecified atom stereocenters. The van der Waals surface area contributed by atoms with E-state index in [-0.39, 0.29) is 0 Å². The Morgan fingerprint density at radius 2 is 0.889 bits per heavy atom. The van der Waals surface area contributed by atoms with Crippen LogP contribution < -0.4 is 4.90 Å². The molecule has 1 heterocycles. The monoisotopic (exact) mass is 703 g/mol. The normalized spacial score (nSPS) is 11.7. The zero-order valence-electron chi connectivity index (χ0n) is 29.4. The standard InChI is InChI=1S/C52H33NS/c1-2-11-36(12-3-1)50-28-29-51(54-50)37-24-26-41(27-25-37)53(43-31-40-14-9-19-47-45-17-6-7-18-46(45)49(33-43)52(40)47)42-15-8-13-38(30-42)39-23-22-35-21-20-34-10-4-5-16-44(34)48(35)32-39/h1-33H. The second kappa shape index (κ2) is 12.4. The fraction of sp³-hybridized carbons (Fsp3) is 0. The van der Waals surface area contributed by atoms with Gasteiger partial charge in [0, 0.05) is 26.8 Å². The van der Waals surface area contributed by atoms with Gasteiger partial charge in [-0.3, -0.25) is 0 Å². The lowest BCUT2D eigenvalue weighted by Gasteiger charge is -2.27. The van der Waals surface area contributed by atoms with Gasteiger partial charge in [-0.2, -0.15) is 0 Å². The minimum Gasteiger partial charge on any atom is -0.310 e. The largest absolute Gasteiger partial charge is 0.310 e. The van der Waals surface area contributed by atoms with Crippen molar-refractivity contribution < 1.29 is 0 Å². The number of anilines is 3. The summed E-state index contributed by atoms with van der Waals surface area (Å²) in [4.78, 5) is 4.97. The highest BCUT2D eigenvalue weighted by Crippen LogP contribution is 2.50. The molecule has 9 aromatic carbocycles. The molecule has 0 atom stereocenters. The topological polar surface area (TPSA) is 3.24 Å². The highest BCUT2D eigenvalue weighted by atomic mass is 32.1. The highest BCUT2D eigenvalue weighted by molar-refractivity contribution is 7.18. The predicted octanol–water partition coefficient (Wildman–Crippen LogP) is 15.3. The van der Waals surface area contributed by atoms with Gasteiger partial charge in [0.2, 0.25) is 0 Å². The first-order valence-corrected chi connectivity index (χ1v) is 19.3. The number of thiophene rings is 1. The summed E-state index contributed by atoms with van der Waals surface area (Å²) in [5, 5.41) is 7.67. The van der Waals surface area contributed by atoms with Crippen LogP contribution in [0.1, 0.15) is 0 Å². The Labute approximate surface area is 318 Å². The summed E-state index contributed by atoms with van der Waals surface area (Å²) in [5.74, 6) is 0. The van der Waals surface area contributed by atoms with Crippen molar-refractivity contribution in [3.63, 3.8) is 0 Å². The molecule has 0 fully saturated rings. The van der Waals surface area contributed by atoms with Crippen LogP contribution in [0.2, 0.25) is 0 Å².